The number of likely N-dealkylation sites (N-methyl/N-ethyl adjacent to an activating group) is 1. The van der Waals surface area contributed by atoms with Crippen LogP contribution in [0.2, 0.25) is 0 Å². The molecule has 1 saturated heterocycles. The monoisotopic (exact) mass is 306 g/mol. The van der Waals surface area contributed by atoms with Crippen molar-refractivity contribution in [1.82, 2.24) is 10.2 Å². The van der Waals surface area contributed by atoms with Crippen molar-refractivity contribution in [2.75, 3.05) is 13.7 Å². The molecule has 1 aliphatic heterocycles. The van der Waals surface area contributed by atoms with Crippen molar-refractivity contribution < 1.29 is 28.3 Å². The van der Waals surface area contributed by atoms with Crippen LogP contribution in [0.4, 0.5) is 0 Å². The molecule has 8 nitrogen and oxygen atoms in total. The maximum atomic E-state index is 11.1. The van der Waals surface area contributed by atoms with E-state index in [0.29, 0.717) is 12.8 Å². The third kappa shape index (κ3) is 5.05. The van der Waals surface area contributed by atoms with E-state index in [-0.39, 0.29) is 24.5 Å². The van der Waals surface area contributed by atoms with E-state index in [1.54, 1.807) is 0 Å². The molecule has 20 heavy (non-hydrogen) atoms. The van der Waals surface area contributed by atoms with Gasteiger partial charge < -0.3 is 19.5 Å². The SMILES string of the molecule is CNC(=O)/C=C\N(C=O)C1OC(CO[PH](=O)O)CC1C. The number of hydrogen-bond acceptors (Lipinski definition) is 5. The summed E-state index contributed by atoms with van der Waals surface area (Å²) in [7, 11) is -1.50. The first-order valence-electron chi connectivity index (χ1n) is 6.11. The summed E-state index contributed by atoms with van der Waals surface area (Å²) in [4.78, 5) is 32.0. The van der Waals surface area contributed by atoms with E-state index in [1.807, 2.05) is 6.92 Å². The Balaban J connectivity index is 2.60. The summed E-state index contributed by atoms with van der Waals surface area (Å²) in [5.41, 5.74) is 0. The zero-order valence-corrected chi connectivity index (χ0v) is 12.3. The normalized spacial score (nSPS) is 27.4. The van der Waals surface area contributed by atoms with E-state index in [2.05, 4.69) is 9.84 Å². The van der Waals surface area contributed by atoms with Crippen molar-refractivity contribution in [2.45, 2.75) is 25.7 Å². The van der Waals surface area contributed by atoms with Gasteiger partial charge in [-0.3, -0.25) is 19.1 Å². The molecule has 0 aromatic carbocycles. The van der Waals surface area contributed by atoms with Crippen LogP contribution in [0.1, 0.15) is 13.3 Å². The number of ether oxygens (including phenoxy) is 1. The molecule has 1 heterocycles. The number of nitrogens with one attached hydrogen (secondary N) is 1. The average molecular weight is 306 g/mol. The zero-order chi connectivity index (χ0) is 15.1. The second kappa shape index (κ2) is 8.16. The lowest BCUT2D eigenvalue weighted by Gasteiger charge is -2.24. The Hall–Kier alpha value is -1.21. The van der Waals surface area contributed by atoms with Crippen molar-refractivity contribution in [1.29, 1.82) is 0 Å². The summed E-state index contributed by atoms with van der Waals surface area (Å²) in [5, 5.41) is 2.40. The van der Waals surface area contributed by atoms with Crippen LogP contribution in [-0.4, -0.2) is 48.1 Å². The molecule has 0 spiro atoms. The van der Waals surface area contributed by atoms with Gasteiger partial charge in [0.1, 0.15) is 6.23 Å². The number of hydrogen-bond donors (Lipinski definition) is 2. The standard InChI is InChI=1S/C11H19N2O6P/c1-8-5-9(6-18-20(16)17)19-11(8)13(7-14)4-3-10(15)12-2/h3-4,7-9,11,20H,5-6H2,1-2H3,(H,12,15)(H,16,17)/b4-3-. The van der Waals surface area contributed by atoms with Crippen LogP contribution in [-0.2, 0) is 23.4 Å². The summed E-state index contributed by atoms with van der Waals surface area (Å²) >= 11 is 0. The highest BCUT2D eigenvalue weighted by Crippen LogP contribution is 2.30. The third-order valence-corrected chi connectivity index (χ3v) is 3.32. The number of nitrogens with zero attached hydrogens (tertiary/aromatic N) is 1. The molecule has 4 atom stereocenters. The highest BCUT2D eigenvalue weighted by molar-refractivity contribution is 7.32. The molecule has 0 aromatic heterocycles. The Morgan fingerprint density at radius 2 is 2.35 bits per heavy atom. The zero-order valence-electron chi connectivity index (χ0n) is 11.3. The van der Waals surface area contributed by atoms with Crippen molar-refractivity contribution in [3.63, 3.8) is 0 Å². The van der Waals surface area contributed by atoms with E-state index in [9.17, 15) is 14.2 Å². The lowest BCUT2D eigenvalue weighted by molar-refractivity contribution is -0.129. The Bertz CT molecular complexity index is 402. The Labute approximate surface area is 117 Å². The van der Waals surface area contributed by atoms with Gasteiger partial charge in [-0.2, -0.15) is 0 Å². The molecular formula is C11H19N2O6P. The Morgan fingerprint density at radius 1 is 1.65 bits per heavy atom. The van der Waals surface area contributed by atoms with Gasteiger partial charge in [0.15, 0.2) is 0 Å². The van der Waals surface area contributed by atoms with Crippen LogP contribution in [0, 0.1) is 5.92 Å². The summed E-state index contributed by atoms with van der Waals surface area (Å²) in [5.74, 6) is -0.314. The molecule has 0 radical (unpaired) electrons. The number of carbonyl (C=O) groups excluding carboxylic acids is 2. The predicted octanol–water partition coefficient (Wildman–Crippen LogP) is -0.146. The molecule has 1 fully saturated rings. The van der Waals surface area contributed by atoms with Crippen LogP contribution >= 0.6 is 8.25 Å². The van der Waals surface area contributed by atoms with Gasteiger partial charge in [0.05, 0.1) is 12.7 Å². The minimum absolute atomic E-state index is 0.000986. The molecule has 1 rings (SSSR count). The number of amides is 2. The van der Waals surface area contributed by atoms with Crippen LogP contribution in [0.25, 0.3) is 0 Å². The lowest BCUT2D eigenvalue weighted by atomic mass is 10.1. The first-order chi connectivity index (χ1) is 9.47. The molecule has 1 aliphatic rings. The Morgan fingerprint density at radius 3 is 2.90 bits per heavy atom. The summed E-state index contributed by atoms with van der Waals surface area (Å²) < 4.78 is 20.7. The van der Waals surface area contributed by atoms with Crippen molar-refractivity contribution in [2.24, 2.45) is 5.92 Å². The fraction of sp³-hybridized carbons (Fsp3) is 0.636. The molecule has 4 unspecified atom stereocenters. The topological polar surface area (TPSA) is 105 Å². The smallest absolute Gasteiger partial charge is 0.316 e. The first kappa shape index (κ1) is 16.8. The lowest BCUT2D eigenvalue weighted by Crippen LogP contribution is -2.34. The molecule has 2 amide bonds. The molecule has 0 saturated carbocycles. The highest BCUT2D eigenvalue weighted by Gasteiger charge is 2.35. The maximum Gasteiger partial charge on any atom is 0.316 e. The molecule has 0 aromatic rings. The van der Waals surface area contributed by atoms with E-state index in [1.165, 1.54) is 24.2 Å². The quantitative estimate of drug-likeness (QED) is 0.385. The van der Waals surface area contributed by atoms with Gasteiger partial charge in [0, 0.05) is 25.2 Å². The Kier molecular flexibility index (Phi) is 6.87. The van der Waals surface area contributed by atoms with Crippen LogP contribution in [0.15, 0.2) is 12.3 Å². The summed E-state index contributed by atoms with van der Waals surface area (Å²) in [6.45, 7) is 1.89. The van der Waals surface area contributed by atoms with Crippen LogP contribution in [0.5, 0.6) is 0 Å². The number of carbonyl (C=O) groups is 2. The van der Waals surface area contributed by atoms with Gasteiger partial charge in [-0.05, 0) is 6.42 Å². The minimum atomic E-state index is -2.99. The van der Waals surface area contributed by atoms with Crippen LogP contribution < -0.4 is 5.32 Å². The fourth-order valence-corrected chi connectivity index (χ4v) is 2.30. The molecule has 2 N–H and O–H groups in total. The molecule has 9 heteroatoms. The third-order valence-electron chi connectivity index (χ3n) is 2.91. The summed E-state index contributed by atoms with van der Waals surface area (Å²) in [6, 6.07) is 0. The van der Waals surface area contributed by atoms with E-state index >= 15 is 0 Å². The van der Waals surface area contributed by atoms with Crippen molar-refractivity contribution in [3.8, 4) is 0 Å². The van der Waals surface area contributed by atoms with Crippen LogP contribution in [0.3, 0.4) is 0 Å². The van der Waals surface area contributed by atoms with Gasteiger partial charge in [-0.15, -0.1) is 0 Å². The molecule has 114 valence electrons. The van der Waals surface area contributed by atoms with Gasteiger partial charge in [0.25, 0.3) is 0 Å². The number of rotatable bonds is 7. The van der Waals surface area contributed by atoms with E-state index in [0.717, 1.165) is 0 Å². The van der Waals surface area contributed by atoms with Gasteiger partial charge in [0.2, 0.25) is 12.3 Å². The summed E-state index contributed by atoms with van der Waals surface area (Å²) in [6.07, 6.45) is 2.85. The minimum Gasteiger partial charge on any atom is -0.356 e. The molecule has 0 aliphatic carbocycles. The second-order valence-corrected chi connectivity index (χ2v) is 5.24. The van der Waals surface area contributed by atoms with Crippen molar-refractivity contribution >= 4 is 20.6 Å². The largest absolute Gasteiger partial charge is 0.356 e. The first-order valence-corrected chi connectivity index (χ1v) is 7.38. The predicted molar refractivity (Wildman–Crippen MR) is 70.7 cm³/mol. The van der Waals surface area contributed by atoms with Gasteiger partial charge in [-0.25, -0.2) is 0 Å². The van der Waals surface area contributed by atoms with Gasteiger partial charge >= 0.3 is 8.25 Å². The highest BCUT2D eigenvalue weighted by atomic mass is 31.1. The van der Waals surface area contributed by atoms with Gasteiger partial charge in [-0.1, -0.05) is 6.92 Å². The van der Waals surface area contributed by atoms with E-state index in [4.69, 9.17) is 9.63 Å². The maximum absolute atomic E-state index is 11.1. The molecular weight excluding hydrogens is 287 g/mol. The van der Waals surface area contributed by atoms with Crippen molar-refractivity contribution in [3.05, 3.63) is 12.3 Å². The average Bonchev–Trinajstić information content (AvgIpc) is 2.78. The fourth-order valence-electron chi connectivity index (χ4n) is 1.97. The van der Waals surface area contributed by atoms with E-state index < -0.39 is 14.5 Å². The molecule has 0 bridgehead atoms. The second-order valence-electron chi connectivity index (χ2n) is 4.42.